The van der Waals surface area contributed by atoms with Crippen molar-refractivity contribution in [1.29, 1.82) is 0 Å². The average Bonchev–Trinajstić information content (AvgIpc) is 3.14. The van der Waals surface area contributed by atoms with Gasteiger partial charge in [0.1, 0.15) is 11.6 Å². The van der Waals surface area contributed by atoms with Crippen LogP contribution in [0.25, 0.3) is 0 Å². The van der Waals surface area contributed by atoms with Gasteiger partial charge in [-0.25, -0.2) is 0 Å². The van der Waals surface area contributed by atoms with E-state index in [9.17, 15) is 14.4 Å². The lowest BCUT2D eigenvalue weighted by Crippen LogP contribution is -2.36. The van der Waals surface area contributed by atoms with Crippen LogP contribution in [0.3, 0.4) is 0 Å². The molecule has 0 heterocycles. The zero-order valence-corrected chi connectivity index (χ0v) is 12.3. The van der Waals surface area contributed by atoms with Crippen molar-refractivity contribution in [2.45, 2.75) is 20.3 Å². The summed E-state index contributed by atoms with van der Waals surface area (Å²) in [7, 11) is 0. The zero-order chi connectivity index (χ0) is 14.9. The minimum absolute atomic E-state index is 0.0633. The van der Waals surface area contributed by atoms with Crippen LogP contribution in [0.4, 0.5) is 0 Å². The Kier molecular flexibility index (Phi) is 2.69. The standard InChI is InChI=1S/C17H20O4/c1-7(2)6-21-17(20)11-5-10-12-8-3-4-9(15(8)18)13(12)14(11)16(10)19/h3-4,7-14H,5-6H2,1-2H3. The van der Waals surface area contributed by atoms with Gasteiger partial charge >= 0.3 is 5.97 Å². The van der Waals surface area contributed by atoms with Gasteiger partial charge in [0.25, 0.3) is 0 Å². The van der Waals surface area contributed by atoms with E-state index in [4.69, 9.17) is 4.74 Å². The summed E-state index contributed by atoms with van der Waals surface area (Å²) in [5.41, 5.74) is 0. The molecule has 0 aromatic carbocycles. The SMILES string of the molecule is CC(C)COC(=O)C1CC2C(=O)C1C1C3C=CC(C3=O)C21. The molecule has 0 saturated heterocycles. The summed E-state index contributed by atoms with van der Waals surface area (Å²) < 4.78 is 5.35. The minimum Gasteiger partial charge on any atom is -0.465 e. The van der Waals surface area contributed by atoms with Crippen molar-refractivity contribution < 1.29 is 19.1 Å². The highest BCUT2D eigenvalue weighted by atomic mass is 16.5. The minimum atomic E-state index is -0.317. The largest absolute Gasteiger partial charge is 0.465 e. The number of esters is 1. The number of ether oxygens (including phenoxy) is 1. The van der Waals surface area contributed by atoms with Gasteiger partial charge in [0.15, 0.2) is 0 Å². The lowest BCUT2D eigenvalue weighted by molar-refractivity contribution is -0.153. The predicted molar refractivity (Wildman–Crippen MR) is 74.0 cm³/mol. The normalized spacial score (nSPS) is 45.8. The van der Waals surface area contributed by atoms with E-state index in [1.807, 2.05) is 26.0 Å². The van der Waals surface area contributed by atoms with Gasteiger partial charge < -0.3 is 4.74 Å². The molecule has 4 bridgehead atoms. The van der Waals surface area contributed by atoms with Crippen molar-refractivity contribution in [3.63, 3.8) is 0 Å². The third-order valence-electron chi connectivity index (χ3n) is 5.83. The van der Waals surface area contributed by atoms with E-state index in [0.29, 0.717) is 18.9 Å². The number of hydrogen-bond acceptors (Lipinski definition) is 4. The number of fused-ring (bicyclic) bond motifs is 9. The maximum Gasteiger partial charge on any atom is 0.309 e. The zero-order valence-electron chi connectivity index (χ0n) is 12.3. The summed E-state index contributed by atoms with van der Waals surface area (Å²) in [4.78, 5) is 37.0. The van der Waals surface area contributed by atoms with Gasteiger partial charge in [-0.05, 0) is 24.2 Å². The van der Waals surface area contributed by atoms with Crippen LogP contribution in [0.15, 0.2) is 12.2 Å². The maximum absolute atomic E-state index is 12.5. The van der Waals surface area contributed by atoms with Gasteiger partial charge in [-0.2, -0.15) is 0 Å². The van der Waals surface area contributed by atoms with Crippen molar-refractivity contribution in [2.24, 2.45) is 47.3 Å². The fraction of sp³-hybridized carbons (Fsp3) is 0.706. The molecule has 0 aromatic heterocycles. The molecular weight excluding hydrogens is 268 g/mol. The van der Waals surface area contributed by atoms with Crippen LogP contribution < -0.4 is 0 Å². The van der Waals surface area contributed by atoms with Gasteiger partial charge in [0, 0.05) is 23.7 Å². The van der Waals surface area contributed by atoms with Crippen LogP contribution in [-0.2, 0) is 19.1 Å². The van der Waals surface area contributed by atoms with Crippen LogP contribution in [-0.4, -0.2) is 24.1 Å². The Labute approximate surface area is 123 Å². The molecule has 7 unspecified atom stereocenters. The lowest BCUT2D eigenvalue weighted by atomic mass is 9.69. The van der Waals surface area contributed by atoms with Gasteiger partial charge in [0.2, 0.25) is 0 Å². The van der Waals surface area contributed by atoms with E-state index in [-0.39, 0.29) is 59.0 Å². The molecule has 3 saturated carbocycles. The van der Waals surface area contributed by atoms with Crippen molar-refractivity contribution in [3.8, 4) is 0 Å². The summed E-state index contributed by atoms with van der Waals surface area (Å²) in [6, 6.07) is 0. The van der Waals surface area contributed by atoms with E-state index in [1.165, 1.54) is 0 Å². The Bertz CT molecular complexity index is 561. The smallest absolute Gasteiger partial charge is 0.309 e. The van der Waals surface area contributed by atoms with Gasteiger partial charge in [-0.3, -0.25) is 14.4 Å². The second kappa shape index (κ2) is 4.28. The fourth-order valence-electron chi connectivity index (χ4n) is 5.13. The van der Waals surface area contributed by atoms with Gasteiger partial charge in [-0.15, -0.1) is 0 Å². The molecule has 0 aromatic rings. The maximum atomic E-state index is 12.5. The van der Waals surface area contributed by atoms with Crippen molar-refractivity contribution in [1.82, 2.24) is 0 Å². The molecule has 7 atom stereocenters. The summed E-state index contributed by atoms with van der Waals surface area (Å²) in [5, 5.41) is 0. The molecule has 0 radical (unpaired) electrons. The van der Waals surface area contributed by atoms with E-state index in [0.717, 1.165) is 0 Å². The van der Waals surface area contributed by atoms with Crippen molar-refractivity contribution in [3.05, 3.63) is 12.2 Å². The van der Waals surface area contributed by atoms with E-state index < -0.39 is 0 Å². The summed E-state index contributed by atoms with van der Waals surface area (Å²) in [6.07, 6.45) is 4.53. The van der Waals surface area contributed by atoms with Crippen molar-refractivity contribution in [2.75, 3.05) is 6.61 Å². The Morgan fingerprint density at radius 2 is 1.86 bits per heavy atom. The highest BCUT2D eigenvalue weighted by molar-refractivity contribution is 6.01. The number of allylic oxidation sites excluding steroid dienone is 2. The number of carbonyl (C=O) groups excluding carboxylic acids is 3. The monoisotopic (exact) mass is 288 g/mol. The molecule has 0 aliphatic heterocycles. The first-order valence-electron chi connectivity index (χ1n) is 7.93. The molecule has 0 amide bonds. The summed E-state index contributed by atoms with van der Waals surface area (Å²) in [5.74, 6) is -0.107. The number of hydrogen-bond donors (Lipinski definition) is 0. The molecule has 4 aliphatic carbocycles. The average molecular weight is 288 g/mol. The number of ketones is 2. The first kappa shape index (κ1) is 13.2. The molecule has 0 N–H and O–H groups in total. The lowest BCUT2D eigenvalue weighted by Gasteiger charge is -2.33. The molecule has 3 fully saturated rings. The molecule has 4 heteroatoms. The molecule has 0 spiro atoms. The first-order chi connectivity index (χ1) is 10.0. The van der Waals surface area contributed by atoms with Crippen LogP contribution in [0.5, 0.6) is 0 Å². The molecule has 21 heavy (non-hydrogen) atoms. The highest BCUT2D eigenvalue weighted by Gasteiger charge is 2.69. The van der Waals surface area contributed by atoms with Crippen LogP contribution >= 0.6 is 0 Å². The number of Topliss-reactive ketones (excluding diaryl/α,β-unsaturated/α-hetero) is 2. The molecule has 112 valence electrons. The Balaban J connectivity index is 1.57. The van der Waals surface area contributed by atoms with Crippen molar-refractivity contribution >= 4 is 17.5 Å². The molecular formula is C17H20O4. The molecule has 4 nitrogen and oxygen atoms in total. The Morgan fingerprint density at radius 3 is 2.52 bits per heavy atom. The van der Waals surface area contributed by atoms with Crippen LogP contribution in [0.1, 0.15) is 20.3 Å². The van der Waals surface area contributed by atoms with E-state index in [2.05, 4.69) is 0 Å². The Morgan fingerprint density at radius 1 is 1.19 bits per heavy atom. The van der Waals surface area contributed by atoms with E-state index in [1.54, 1.807) is 0 Å². The second-order valence-corrected chi connectivity index (χ2v) is 7.39. The molecule has 4 rings (SSSR count). The third-order valence-corrected chi connectivity index (χ3v) is 5.83. The quantitative estimate of drug-likeness (QED) is 0.450. The third kappa shape index (κ3) is 1.59. The topological polar surface area (TPSA) is 60.4 Å². The molecule has 4 aliphatic rings. The van der Waals surface area contributed by atoms with Gasteiger partial charge in [0.05, 0.1) is 12.5 Å². The fourth-order valence-corrected chi connectivity index (χ4v) is 5.13. The number of carbonyl (C=O) groups is 3. The summed E-state index contributed by atoms with van der Waals surface area (Å²) >= 11 is 0. The number of rotatable bonds is 3. The van der Waals surface area contributed by atoms with Gasteiger partial charge in [-0.1, -0.05) is 26.0 Å². The highest BCUT2D eigenvalue weighted by Crippen LogP contribution is 2.64. The van der Waals surface area contributed by atoms with E-state index >= 15 is 0 Å². The van der Waals surface area contributed by atoms with Crippen LogP contribution in [0.2, 0.25) is 0 Å². The Hall–Kier alpha value is -1.45. The summed E-state index contributed by atoms with van der Waals surface area (Å²) in [6.45, 7) is 4.39. The first-order valence-corrected chi connectivity index (χ1v) is 7.93. The second-order valence-electron chi connectivity index (χ2n) is 7.39. The predicted octanol–water partition coefficient (Wildman–Crippen LogP) is 1.64. The van der Waals surface area contributed by atoms with Crippen LogP contribution in [0, 0.1) is 47.3 Å².